The maximum atomic E-state index is 13.9. The van der Waals surface area contributed by atoms with Crippen LogP contribution >= 0.6 is 11.6 Å². The van der Waals surface area contributed by atoms with Gasteiger partial charge in [-0.25, -0.2) is 0 Å². The number of carbonyl (C=O) groups excluding carboxylic acids is 2. The lowest BCUT2D eigenvalue weighted by atomic mass is 9.79. The van der Waals surface area contributed by atoms with E-state index in [0.717, 1.165) is 60.3 Å². The van der Waals surface area contributed by atoms with E-state index >= 15 is 0 Å². The Labute approximate surface area is 272 Å². The highest BCUT2D eigenvalue weighted by molar-refractivity contribution is 6.30. The van der Waals surface area contributed by atoms with Crippen molar-refractivity contribution in [1.82, 2.24) is 0 Å². The molecule has 3 aromatic carbocycles. The van der Waals surface area contributed by atoms with Crippen molar-refractivity contribution in [3.63, 3.8) is 0 Å². The SMILES string of the molecule is COc1cc2c(cc1OC(C)C)[C@H](c1ccc(Cl)cc1)N(c1ccc(N(C)CC3CCC(C(=O)CCCO)CC3)cc1)C(=O)C2. The molecule has 3 aromatic rings. The summed E-state index contributed by atoms with van der Waals surface area (Å²) in [5, 5.41) is 9.68. The third kappa shape index (κ3) is 7.64. The summed E-state index contributed by atoms with van der Waals surface area (Å²) in [7, 11) is 3.73. The first-order valence-corrected chi connectivity index (χ1v) is 16.5. The summed E-state index contributed by atoms with van der Waals surface area (Å²) in [6.45, 7) is 4.96. The molecule has 1 saturated carbocycles. The van der Waals surface area contributed by atoms with Crippen molar-refractivity contribution >= 4 is 34.7 Å². The number of nitrogens with zero attached hydrogens (tertiary/aromatic N) is 2. The largest absolute Gasteiger partial charge is 0.493 e. The van der Waals surface area contributed by atoms with Crippen LogP contribution in [0, 0.1) is 11.8 Å². The zero-order valence-electron chi connectivity index (χ0n) is 26.8. The van der Waals surface area contributed by atoms with Crippen LogP contribution in [-0.2, 0) is 16.0 Å². The molecular weight excluding hydrogens is 588 g/mol. The van der Waals surface area contributed by atoms with E-state index in [2.05, 4.69) is 24.1 Å². The maximum Gasteiger partial charge on any atom is 0.232 e. The Morgan fingerprint density at radius 3 is 2.33 bits per heavy atom. The molecule has 240 valence electrons. The quantitative estimate of drug-likeness (QED) is 0.224. The highest BCUT2D eigenvalue weighted by Gasteiger charge is 2.36. The molecule has 0 saturated heterocycles. The molecule has 1 N–H and O–H groups in total. The number of hydrogen-bond acceptors (Lipinski definition) is 6. The first-order valence-electron chi connectivity index (χ1n) is 16.1. The van der Waals surface area contributed by atoms with Gasteiger partial charge in [-0.1, -0.05) is 23.7 Å². The van der Waals surface area contributed by atoms with Crippen molar-refractivity contribution < 1.29 is 24.2 Å². The average Bonchev–Trinajstić information content (AvgIpc) is 3.03. The number of halogens is 1. The summed E-state index contributed by atoms with van der Waals surface area (Å²) < 4.78 is 11.8. The van der Waals surface area contributed by atoms with Crippen molar-refractivity contribution in [2.75, 3.05) is 37.1 Å². The average molecular weight is 633 g/mol. The number of ether oxygens (including phenoxy) is 2. The van der Waals surface area contributed by atoms with Gasteiger partial charge in [0.05, 0.1) is 25.7 Å². The molecule has 0 bridgehead atoms. The summed E-state index contributed by atoms with van der Waals surface area (Å²) in [6.07, 6.45) is 5.21. The number of methoxy groups -OCH3 is 1. The van der Waals surface area contributed by atoms with Crippen molar-refractivity contribution in [3.05, 3.63) is 82.4 Å². The van der Waals surface area contributed by atoms with Gasteiger partial charge < -0.3 is 24.4 Å². The third-order valence-electron chi connectivity index (χ3n) is 9.12. The van der Waals surface area contributed by atoms with Crippen LogP contribution in [0.25, 0.3) is 0 Å². The number of amides is 1. The van der Waals surface area contributed by atoms with E-state index < -0.39 is 0 Å². The molecule has 1 amide bonds. The summed E-state index contributed by atoms with van der Waals surface area (Å²) >= 11 is 6.27. The normalized spacial score (nSPS) is 19.8. The highest BCUT2D eigenvalue weighted by Crippen LogP contribution is 2.44. The first kappa shape index (κ1) is 32.8. The number of fused-ring (bicyclic) bond motifs is 1. The topological polar surface area (TPSA) is 79.3 Å². The molecule has 5 rings (SSSR count). The standard InChI is InChI=1S/C37H45ClN2O5/c1-24(2)45-35-22-32-28(20-34(35)44-4)21-36(43)40(37(32)27-11-13-29(38)14-12-27)31-17-15-30(16-18-31)39(3)23-25-7-9-26(10-8-25)33(42)6-5-19-41/h11-18,20,22,24-26,37,41H,5-10,19,21,23H2,1-4H3/t25?,26?,37-/m0/s1. The summed E-state index contributed by atoms with van der Waals surface area (Å²) in [4.78, 5) is 30.4. The molecule has 2 aliphatic rings. The van der Waals surface area contributed by atoms with Gasteiger partial charge in [-0.3, -0.25) is 9.59 Å². The second-order valence-electron chi connectivity index (χ2n) is 12.7. The third-order valence-corrected chi connectivity index (χ3v) is 9.37. The van der Waals surface area contributed by atoms with Gasteiger partial charge in [0.1, 0.15) is 5.78 Å². The van der Waals surface area contributed by atoms with Gasteiger partial charge in [0.25, 0.3) is 0 Å². The molecule has 1 heterocycles. The lowest BCUT2D eigenvalue weighted by Crippen LogP contribution is -2.41. The van der Waals surface area contributed by atoms with Crippen molar-refractivity contribution in [1.29, 1.82) is 0 Å². The van der Waals surface area contributed by atoms with Crippen LogP contribution in [0.4, 0.5) is 11.4 Å². The zero-order chi connectivity index (χ0) is 32.1. The number of aliphatic hydroxyl groups excluding tert-OH is 1. The zero-order valence-corrected chi connectivity index (χ0v) is 27.6. The molecule has 1 aliphatic heterocycles. The molecule has 0 radical (unpaired) electrons. The Balaban J connectivity index is 1.37. The summed E-state index contributed by atoms with van der Waals surface area (Å²) in [6, 6.07) is 19.5. The van der Waals surface area contributed by atoms with Crippen LogP contribution in [0.5, 0.6) is 11.5 Å². The van der Waals surface area contributed by atoms with E-state index in [1.807, 2.05) is 67.3 Å². The molecule has 8 heteroatoms. The fourth-order valence-electron chi connectivity index (χ4n) is 6.81. The van der Waals surface area contributed by atoms with Crippen molar-refractivity contribution in [2.45, 2.75) is 70.9 Å². The second kappa shape index (κ2) is 14.7. The predicted molar refractivity (Wildman–Crippen MR) is 180 cm³/mol. The van der Waals surface area contributed by atoms with Crippen LogP contribution < -0.4 is 19.3 Å². The van der Waals surface area contributed by atoms with Crippen LogP contribution in [0.3, 0.4) is 0 Å². The van der Waals surface area contributed by atoms with Gasteiger partial charge in [-0.05, 0) is 117 Å². The van der Waals surface area contributed by atoms with Gasteiger partial charge in [-0.15, -0.1) is 0 Å². The van der Waals surface area contributed by atoms with Crippen molar-refractivity contribution in [3.8, 4) is 11.5 Å². The highest BCUT2D eigenvalue weighted by atomic mass is 35.5. The minimum atomic E-state index is -0.363. The number of Topliss-reactive ketones (excluding diaryl/α,β-unsaturated/α-hetero) is 1. The Bertz CT molecular complexity index is 1470. The van der Waals surface area contributed by atoms with Gasteiger partial charge in [0, 0.05) is 48.9 Å². The second-order valence-corrected chi connectivity index (χ2v) is 13.1. The van der Waals surface area contributed by atoms with Gasteiger partial charge in [0.15, 0.2) is 11.5 Å². The monoisotopic (exact) mass is 632 g/mol. The van der Waals surface area contributed by atoms with Gasteiger partial charge in [0.2, 0.25) is 5.91 Å². The number of aliphatic hydroxyl groups is 1. The minimum Gasteiger partial charge on any atom is -0.493 e. The molecule has 45 heavy (non-hydrogen) atoms. The Hall–Kier alpha value is -3.55. The Kier molecular flexibility index (Phi) is 10.7. The first-order chi connectivity index (χ1) is 21.7. The molecule has 0 unspecified atom stereocenters. The van der Waals surface area contributed by atoms with Crippen LogP contribution in [0.2, 0.25) is 5.02 Å². The van der Waals surface area contributed by atoms with Crippen LogP contribution in [-0.4, -0.2) is 50.2 Å². The van der Waals surface area contributed by atoms with E-state index in [-0.39, 0.29) is 37.0 Å². The lowest BCUT2D eigenvalue weighted by molar-refractivity contribution is -0.124. The van der Waals surface area contributed by atoms with Crippen LogP contribution in [0.1, 0.15) is 75.1 Å². The van der Waals surface area contributed by atoms with E-state index in [0.29, 0.717) is 41.1 Å². The van der Waals surface area contributed by atoms with E-state index in [1.165, 1.54) is 0 Å². The molecule has 0 aromatic heterocycles. The van der Waals surface area contributed by atoms with Gasteiger partial charge >= 0.3 is 0 Å². The predicted octanol–water partition coefficient (Wildman–Crippen LogP) is 7.40. The number of benzene rings is 3. The number of hydrogen-bond donors (Lipinski definition) is 1. The molecule has 1 atom stereocenters. The minimum absolute atomic E-state index is 0.00781. The Morgan fingerprint density at radius 2 is 1.71 bits per heavy atom. The molecular formula is C37H45ClN2O5. The molecule has 1 aliphatic carbocycles. The molecule has 0 spiro atoms. The lowest BCUT2D eigenvalue weighted by Gasteiger charge is -2.38. The molecule has 1 fully saturated rings. The van der Waals surface area contributed by atoms with E-state index in [9.17, 15) is 9.59 Å². The summed E-state index contributed by atoms with van der Waals surface area (Å²) in [5.41, 5.74) is 4.79. The number of ketones is 1. The fraction of sp³-hybridized carbons (Fsp3) is 0.459. The summed E-state index contributed by atoms with van der Waals surface area (Å²) in [5.74, 6) is 2.26. The maximum absolute atomic E-state index is 13.9. The van der Waals surface area contributed by atoms with E-state index in [4.69, 9.17) is 26.2 Å². The molecule has 7 nitrogen and oxygen atoms in total. The van der Waals surface area contributed by atoms with Crippen LogP contribution in [0.15, 0.2) is 60.7 Å². The number of rotatable bonds is 12. The number of anilines is 2. The fourth-order valence-corrected chi connectivity index (χ4v) is 6.94. The van der Waals surface area contributed by atoms with E-state index in [1.54, 1.807) is 7.11 Å². The number of carbonyl (C=O) groups is 2. The van der Waals surface area contributed by atoms with Crippen molar-refractivity contribution in [2.24, 2.45) is 11.8 Å². The Morgan fingerprint density at radius 1 is 1.02 bits per heavy atom. The van der Waals surface area contributed by atoms with Gasteiger partial charge in [-0.2, -0.15) is 0 Å². The smallest absolute Gasteiger partial charge is 0.232 e.